The second kappa shape index (κ2) is 18.0. The number of rotatable bonds is 13. The summed E-state index contributed by atoms with van der Waals surface area (Å²) < 4.78 is 11.4. The third kappa shape index (κ3) is 8.65. The number of nitrogens with two attached hydrogens (primary N) is 1. The molecule has 4 aliphatic rings. The Bertz CT molecular complexity index is 2840. The predicted octanol–water partition coefficient (Wildman–Crippen LogP) is 12.1. The zero-order valence-electron chi connectivity index (χ0n) is 40.0. The van der Waals surface area contributed by atoms with Gasteiger partial charge in [-0.3, -0.25) is 9.59 Å². The van der Waals surface area contributed by atoms with Crippen LogP contribution >= 0.6 is 0 Å². The van der Waals surface area contributed by atoms with Crippen molar-refractivity contribution < 1.29 is 19.1 Å². The molecule has 1 aliphatic carbocycles. The molecule has 5 N–H and O–H groups in total. The summed E-state index contributed by atoms with van der Waals surface area (Å²) in [7, 11) is 0. The van der Waals surface area contributed by atoms with Gasteiger partial charge in [0.2, 0.25) is 0 Å². The maximum Gasteiger partial charge on any atom is 0.311 e. The quantitative estimate of drug-likeness (QED) is 0.0516. The first-order valence-electron chi connectivity index (χ1n) is 23.9. The highest BCUT2D eigenvalue weighted by Crippen LogP contribution is 2.49. The Hall–Kier alpha value is -6.94. The highest BCUT2D eigenvalue weighted by atomic mass is 16.5. The van der Waals surface area contributed by atoms with E-state index in [2.05, 4.69) is 140 Å². The van der Waals surface area contributed by atoms with Crippen molar-refractivity contribution in [1.82, 2.24) is 0 Å². The Labute approximate surface area is 395 Å². The standard InChI is InChI=1S/C57H64N6O4/c1-8-62-47-22-12-10-19-42(47)55(3,4)49(62)32-24-37-16-14-17-38(25-33-50-56(5,6)43-20-11-13-23-48(43)63(50)9-2)54(37)59-39-26-28-40(29-27-39)67-52(65)35-34-51(64)66-36-57(7)60-45-21-15-18-41-44(58)30-31-46(61-57)53(41)45/h10-13,15,18-33,49,59-61H,8-9,14,16-17,34-36,58H2,1-7H3/b32-24+,38-25+,50-33+. The Morgan fingerprint density at radius 1 is 0.776 bits per heavy atom. The van der Waals surface area contributed by atoms with Crippen LogP contribution in [-0.4, -0.2) is 43.3 Å². The fourth-order valence-corrected chi connectivity index (χ4v) is 10.7. The van der Waals surface area contributed by atoms with Gasteiger partial charge in [0.05, 0.1) is 18.9 Å². The molecule has 2 unspecified atom stereocenters. The summed E-state index contributed by atoms with van der Waals surface area (Å²) in [5, 5.41) is 12.7. The minimum Gasteiger partial charge on any atom is -0.461 e. The van der Waals surface area contributed by atoms with Gasteiger partial charge in [0.1, 0.15) is 18.0 Å². The van der Waals surface area contributed by atoms with Gasteiger partial charge in [-0.05, 0) is 123 Å². The predicted molar refractivity (Wildman–Crippen MR) is 275 cm³/mol. The van der Waals surface area contributed by atoms with Crippen molar-refractivity contribution in [3.63, 3.8) is 0 Å². The van der Waals surface area contributed by atoms with Crippen LogP contribution in [0.4, 0.5) is 34.1 Å². The smallest absolute Gasteiger partial charge is 0.311 e. The van der Waals surface area contributed by atoms with Crippen LogP contribution in [0.1, 0.15) is 91.7 Å². The van der Waals surface area contributed by atoms with Gasteiger partial charge in [-0.1, -0.05) is 94.5 Å². The zero-order valence-corrected chi connectivity index (χ0v) is 40.0. The molecular formula is C57H64N6O4. The first-order chi connectivity index (χ1) is 32.2. The van der Waals surface area contributed by atoms with E-state index in [0.29, 0.717) is 11.4 Å². The number of fused-ring (bicyclic) bond motifs is 2. The number of anilines is 6. The molecular weight excluding hydrogens is 833 g/mol. The number of esters is 2. The molecule has 67 heavy (non-hydrogen) atoms. The maximum atomic E-state index is 13.0. The van der Waals surface area contributed by atoms with Gasteiger partial charge in [-0.25, -0.2) is 0 Å². The Balaban J connectivity index is 0.896. The summed E-state index contributed by atoms with van der Waals surface area (Å²) in [4.78, 5) is 30.9. The summed E-state index contributed by atoms with van der Waals surface area (Å²) in [6.07, 6.45) is 12.1. The number of nitrogens with one attached hydrogen (secondary N) is 3. The molecule has 10 heteroatoms. The normalized spacial score (nSPS) is 21.3. The largest absolute Gasteiger partial charge is 0.461 e. The van der Waals surface area contributed by atoms with Crippen molar-refractivity contribution in [3.05, 3.63) is 161 Å². The fraction of sp³-hybridized carbons (Fsp3) is 0.333. The topological polar surface area (TPSA) is 121 Å². The van der Waals surface area contributed by atoms with Gasteiger partial charge < -0.3 is 41.0 Å². The number of hydrogen-bond donors (Lipinski definition) is 4. The van der Waals surface area contributed by atoms with Crippen LogP contribution in [-0.2, 0) is 25.2 Å². The molecule has 0 spiro atoms. The number of carbonyl (C=O) groups is 2. The summed E-state index contributed by atoms with van der Waals surface area (Å²) >= 11 is 0. The average Bonchev–Trinajstić information content (AvgIpc) is 3.68. The van der Waals surface area contributed by atoms with Gasteiger partial charge >= 0.3 is 11.9 Å². The third-order valence-electron chi connectivity index (χ3n) is 14.2. The van der Waals surface area contributed by atoms with Crippen LogP contribution < -0.4 is 36.2 Å². The van der Waals surface area contributed by atoms with E-state index >= 15 is 0 Å². The van der Waals surface area contributed by atoms with E-state index in [1.54, 1.807) is 12.1 Å². The molecule has 3 aliphatic heterocycles. The minimum absolute atomic E-state index is 0.0469. The Kier molecular flexibility index (Phi) is 12.2. The molecule has 10 nitrogen and oxygen atoms in total. The van der Waals surface area contributed by atoms with Crippen LogP contribution in [0.5, 0.6) is 5.75 Å². The van der Waals surface area contributed by atoms with Gasteiger partial charge in [-0.2, -0.15) is 0 Å². The molecule has 5 aromatic rings. The number of ether oxygens (including phenoxy) is 2. The number of para-hydroxylation sites is 2. The van der Waals surface area contributed by atoms with Crippen LogP contribution in [0.15, 0.2) is 150 Å². The summed E-state index contributed by atoms with van der Waals surface area (Å²) in [6, 6.07) is 35.0. The van der Waals surface area contributed by atoms with E-state index in [9.17, 15) is 9.59 Å². The van der Waals surface area contributed by atoms with Crippen LogP contribution in [0.2, 0.25) is 0 Å². The highest BCUT2D eigenvalue weighted by molar-refractivity contribution is 6.10. The van der Waals surface area contributed by atoms with Crippen molar-refractivity contribution in [3.8, 4) is 5.75 Å². The van der Waals surface area contributed by atoms with E-state index < -0.39 is 17.6 Å². The van der Waals surface area contributed by atoms with Crippen molar-refractivity contribution in [1.29, 1.82) is 0 Å². The highest BCUT2D eigenvalue weighted by Gasteiger charge is 2.43. The number of hydrogen-bond acceptors (Lipinski definition) is 10. The molecule has 3 heterocycles. The van der Waals surface area contributed by atoms with Crippen molar-refractivity contribution in [2.45, 2.75) is 103 Å². The number of carbonyl (C=O) groups excluding carboxylic acids is 2. The molecule has 0 fully saturated rings. The lowest BCUT2D eigenvalue weighted by Crippen LogP contribution is -2.49. The van der Waals surface area contributed by atoms with Crippen LogP contribution in [0.3, 0.4) is 0 Å². The van der Waals surface area contributed by atoms with Crippen molar-refractivity contribution in [2.75, 3.05) is 51.2 Å². The van der Waals surface area contributed by atoms with Gasteiger partial charge in [0.15, 0.2) is 0 Å². The third-order valence-corrected chi connectivity index (χ3v) is 14.2. The lowest BCUT2D eigenvalue weighted by atomic mass is 9.80. The maximum absolute atomic E-state index is 13.0. The molecule has 5 aromatic carbocycles. The SMILES string of the molecule is CCN1/C(=C/C=C2\CCCC(/C=C/C3N(CC)c4ccccc4C3(C)C)=C2Nc2ccc(OC(=O)CCC(=O)OCC3(C)Nc4cccc5c(N)ccc(c45)N3)cc2)C(C)(C)c2ccccc21. The number of likely N-dealkylation sites (N-methyl/N-ethyl adjacent to an activating group) is 2. The second-order valence-electron chi connectivity index (χ2n) is 19.5. The Morgan fingerprint density at radius 3 is 2.22 bits per heavy atom. The number of benzene rings is 5. The molecule has 2 atom stereocenters. The summed E-state index contributed by atoms with van der Waals surface area (Å²) in [5.41, 5.74) is 18.9. The monoisotopic (exact) mass is 896 g/mol. The molecule has 9 rings (SSSR count). The summed E-state index contributed by atoms with van der Waals surface area (Å²) in [5.74, 6) is -0.586. The molecule has 0 saturated carbocycles. The van der Waals surface area contributed by atoms with Crippen molar-refractivity contribution >= 4 is 56.8 Å². The van der Waals surface area contributed by atoms with Gasteiger partial charge in [0.25, 0.3) is 0 Å². The first-order valence-corrected chi connectivity index (χ1v) is 23.9. The van der Waals surface area contributed by atoms with Crippen LogP contribution in [0.25, 0.3) is 10.8 Å². The molecule has 0 radical (unpaired) electrons. The van der Waals surface area contributed by atoms with E-state index in [0.717, 1.165) is 65.9 Å². The minimum atomic E-state index is -0.757. The average molecular weight is 897 g/mol. The van der Waals surface area contributed by atoms with E-state index in [-0.39, 0.29) is 36.3 Å². The molecule has 0 aromatic heterocycles. The zero-order chi connectivity index (χ0) is 47.1. The lowest BCUT2D eigenvalue weighted by Gasteiger charge is -2.38. The van der Waals surface area contributed by atoms with Gasteiger partial charge in [-0.15, -0.1) is 0 Å². The van der Waals surface area contributed by atoms with E-state index in [1.807, 2.05) is 49.4 Å². The summed E-state index contributed by atoms with van der Waals surface area (Å²) in [6.45, 7) is 17.6. The van der Waals surface area contributed by atoms with Crippen LogP contribution in [0, 0.1) is 0 Å². The molecule has 346 valence electrons. The number of nitrogens with zero attached hydrogens (tertiary/aromatic N) is 2. The molecule has 0 saturated heterocycles. The molecule has 0 bridgehead atoms. The van der Waals surface area contributed by atoms with Crippen molar-refractivity contribution in [2.24, 2.45) is 0 Å². The van der Waals surface area contributed by atoms with E-state index in [4.69, 9.17) is 15.2 Å². The fourth-order valence-electron chi connectivity index (χ4n) is 10.7. The first kappa shape index (κ1) is 45.2. The number of nitrogen functional groups attached to an aromatic ring is 1. The Morgan fingerprint density at radius 2 is 1.48 bits per heavy atom. The van der Waals surface area contributed by atoms with Gasteiger partial charge in [0, 0.05) is 80.2 Å². The molecule has 0 amide bonds. The number of allylic oxidation sites excluding steroid dienone is 6. The van der Waals surface area contributed by atoms with E-state index in [1.165, 1.54) is 39.3 Å². The lowest BCUT2D eigenvalue weighted by molar-refractivity contribution is -0.147. The second-order valence-corrected chi connectivity index (χ2v) is 19.5.